The van der Waals surface area contributed by atoms with Gasteiger partial charge in [0.25, 0.3) is 5.91 Å². The van der Waals surface area contributed by atoms with Crippen LogP contribution in [0.3, 0.4) is 0 Å². The Kier molecular flexibility index (Phi) is 3.61. The molecule has 0 fully saturated rings. The Balaban J connectivity index is 1.66. The van der Waals surface area contributed by atoms with Crippen molar-refractivity contribution in [2.24, 2.45) is 0 Å². The fourth-order valence-corrected chi connectivity index (χ4v) is 2.74. The summed E-state index contributed by atoms with van der Waals surface area (Å²) >= 11 is 0. The molecule has 0 aliphatic carbocycles. The monoisotopic (exact) mass is 331 g/mol. The fourth-order valence-electron chi connectivity index (χ4n) is 2.74. The third kappa shape index (κ3) is 2.92. The van der Waals surface area contributed by atoms with Crippen molar-refractivity contribution in [2.45, 2.75) is 13.8 Å². The molecule has 0 spiro atoms. The van der Waals surface area contributed by atoms with Crippen LogP contribution in [0.25, 0.3) is 16.7 Å². The van der Waals surface area contributed by atoms with Gasteiger partial charge in [0.15, 0.2) is 5.76 Å². The summed E-state index contributed by atoms with van der Waals surface area (Å²) in [5.41, 5.74) is 3.57. The number of benzene rings is 2. The van der Waals surface area contributed by atoms with Gasteiger partial charge in [-0.05, 0) is 38.1 Å². The second-order valence-corrected chi connectivity index (χ2v) is 6.02. The zero-order valence-corrected chi connectivity index (χ0v) is 14.0. The van der Waals surface area contributed by atoms with Crippen molar-refractivity contribution in [1.82, 2.24) is 9.78 Å². The van der Waals surface area contributed by atoms with E-state index in [1.54, 1.807) is 10.7 Å². The lowest BCUT2D eigenvalue weighted by Gasteiger charge is -2.08. The molecule has 5 nitrogen and oxygen atoms in total. The minimum Gasteiger partial charge on any atom is -0.451 e. The summed E-state index contributed by atoms with van der Waals surface area (Å²) in [5, 5.41) is 8.26. The Morgan fingerprint density at radius 1 is 1.04 bits per heavy atom. The van der Waals surface area contributed by atoms with Gasteiger partial charge in [-0.25, -0.2) is 4.68 Å². The minimum absolute atomic E-state index is 0.274. The summed E-state index contributed by atoms with van der Waals surface area (Å²) < 4.78 is 7.35. The topological polar surface area (TPSA) is 60.1 Å². The molecule has 0 saturated carbocycles. The first-order valence-corrected chi connectivity index (χ1v) is 8.04. The SMILES string of the molecule is Cc1ccc(-n2nc(C)cc2NC(=O)c2cc3ccccc3o2)cc1. The molecule has 4 rings (SSSR count). The van der Waals surface area contributed by atoms with Crippen LogP contribution >= 0.6 is 0 Å². The highest BCUT2D eigenvalue weighted by Gasteiger charge is 2.16. The van der Waals surface area contributed by atoms with Gasteiger partial charge >= 0.3 is 0 Å². The van der Waals surface area contributed by atoms with Crippen molar-refractivity contribution in [2.75, 3.05) is 5.32 Å². The van der Waals surface area contributed by atoms with Crippen LogP contribution in [0.5, 0.6) is 0 Å². The van der Waals surface area contributed by atoms with Crippen molar-refractivity contribution in [3.05, 3.63) is 77.7 Å². The molecule has 0 atom stereocenters. The third-order valence-electron chi connectivity index (χ3n) is 4.00. The van der Waals surface area contributed by atoms with Gasteiger partial charge < -0.3 is 9.73 Å². The number of carbonyl (C=O) groups is 1. The van der Waals surface area contributed by atoms with E-state index in [0.29, 0.717) is 11.4 Å². The first-order chi connectivity index (χ1) is 12.1. The van der Waals surface area contributed by atoms with Gasteiger partial charge in [-0.2, -0.15) is 5.10 Å². The molecule has 25 heavy (non-hydrogen) atoms. The Morgan fingerprint density at radius 3 is 2.56 bits per heavy atom. The molecule has 0 saturated heterocycles. The van der Waals surface area contributed by atoms with E-state index in [0.717, 1.165) is 16.8 Å². The normalized spacial score (nSPS) is 11.0. The number of carbonyl (C=O) groups excluding carboxylic acids is 1. The lowest BCUT2D eigenvalue weighted by atomic mass is 10.2. The summed E-state index contributed by atoms with van der Waals surface area (Å²) in [4.78, 5) is 12.6. The molecule has 2 aromatic heterocycles. The molecule has 0 unspecified atom stereocenters. The number of aryl methyl sites for hydroxylation is 2. The van der Waals surface area contributed by atoms with Gasteiger partial charge in [-0.1, -0.05) is 35.9 Å². The number of furan rings is 1. The average molecular weight is 331 g/mol. The number of anilines is 1. The van der Waals surface area contributed by atoms with Crippen LogP contribution < -0.4 is 5.32 Å². The highest BCUT2D eigenvalue weighted by atomic mass is 16.3. The minimum atomic E-state index is -0.301. The Hall–Kier alpha value is -3.34. The van der Waals surface area contributed by atoms with E-state index in [9.17, 15) is 4.79 Å². The predicted octanol–water partition coefficient (Wildman–Crippen LogP) is 4.49. The van der Waals surface area contributed by atoms with Crippen molar-refractivity contribution >= 4 is 22.7 Å². The Labute approximate surface area is 144 Å². The van der Waals surface area contributed by atoms with Crippen LogP contribution in [-0.2, 0) is 0 Å². The van der Waals surface area contributed by atoms with Crippen LogP contribution in [0.1, 0.15) is 21.8 Å². The number of nitrogens with one attached hydrogen (secondary N) is 1. The molecule has 4 aromatic rings. The Morgan fingerprint density at radius 2 is 1.80 bits per heavy atom. The van der Waals surface area contributed by atoms with Crippen molar-refractivity contribution in [3.63, 3.8) is 0 Å². The highest BCUT2D eigenvalue weighted by Crippen LogP contribution is 2.22. The second-order valence-electron chi connectivity index (χ2n) is 6.02. The number of fused-ring (bicyclic) bond motifs is 1. The van der Waals surface area contributed by atoms with E-state index in [-0.39, 0.29) is 11.7 Å². The summed E-state index contributed by atoms with van der Waals surface area (Å²) in [6.45, 7) is 3.92. The van der Waals surface area contributed by atoms with E-state index < -0.39 is 0 Å². The maximum Gasteiger partial charge on any atom is 0.292 e. The number of amides is 1. The molecule has 0 bridgehead atoms. The van der Waals surface area contributed by atoms with Gasteiger partial charge in [0.05, 0.1) is 11.4 Å². The number of hydrogen-bond donors (Lipinski definition) is 1. The average Bonchev–Trinajstić information content (AvgIpc) is 3.19. The van der Waals surface area contributed by atoms with Crippen LogP contribution in [0.2, 0.25) is 0 Å². The molecular formula is C20H17N3O2. The molecule has 1 amide bonds. The van der Waals surface area contributed by atoms with Gasteiger partial charge in [-0.3, -0.25) is 4.79 Å². The molecule has 2 heterocycles. The van der Waals surface area contributed by atoms with Crippen LogP contribution in [0.4, 0.5) is 5.82 Å². The van der Waals surface area contributed by atoms with Gasteiger partial charge in [-0.15, -0.1) is 0 Å². The number of rotatable bonds is 3. The lowest BCUT2D eigenvalue weighted by Crippen LogP contribution is -2.14. The molecule has 0 radical (unpaired) electrons. The van der Waals surface area contributed by atoms with Crippen LogP contribution in [0, 0.1) is 13.8 Å². The fraction of sp³-hybridized carbons (Fsp3) is 0.100. The standard InChI is InChI=1S/C20H17N3O2/c1-13-7-9-16(10-8-13)23-19(11-14(2)22-23)21-20(24)18-12-15-5-3-4-6-17(15)25-18/h3-12H,1-2H3,(H,21,24). The van der Waals surface area contributed by atoms with Crippen LogP contribution in [0.15, 0.2) is 65.1 Å². The van der Waals surface area contributed by atoms with Crippen molar-refractivity contribution in [1.29, 1.82) is 0 Å². The Bertz CT molecular complexity index is 1030. The first kappa shape index (κ1) is 15.2. The van der Waals surface area contributed by atoms with Gasteiger partial charge in [0.2, 0.25) is 0 Å². The smallest absolute Gasteiger partial charge is 0.292 e. The van der Waals surface area contributed by atoms with Crippen LogP contribution in [-0.4, -0.2) is 15.7 Å². The molecule has 0 aliphatic rings. The predicted molar refractivity (Wildman–Crippen MR) is 97.2 cm³/mol. The van der Waals surface area contributed by atoms with Gasteiger partial charge in [0.1, 0.15) is 11.4 Å². The summed E-state index contributed by atoms with van der Waals surface area (Å²) in [5.74, 6) is 0.576. The van der Waals surface area contributed by atoms with Crippen molar-refractivity contribution in [3.8, 4) is 5.69 Å². The highest BCUT2D eigenvalue weighted by molar-refractivity contribution is 6.04. The maximum atomic E-state index is 12.6. The third-order valence-corrected chi connectivity index (χ3v) is 4.00. The van der Waals surface area contributed by atoms with Crippen molar-refractivity contribution < 1.29 is 9.21 Å². The second kappa shape index (κ2) is 5.94. The molecule has 0 aliphatic heterocycles. The number of hydrogen-bond acceptors (Lipinski definition) is 3. The van der Waals surface area contributed by atoms with Gasteiger partial charge in [0, 0.05) is 11.5 Å². The van der Waals surface area contributed by atoms with E-state index in [2.05, 4.69) is 10.4 Å². The quantitative estimate of drug-likeness (QED) is 0.602. The van der Waals surface area contributed by atoms with E-state index >= 15 is 0 Å². The molecule has 5 heteroatoms. The maximum absolute atomic E-state index is 12.6. The zero-order chi connectivity index (χ0) is 17.4. The lowest BCUT2D eigenvalue weighted by molar-refractivity contribution is 0.0998. The summed E-state index contributed by atoms with van der Waals surface area (Å²) in [7, 11) is 0. The molecule has 1 N–H and O–H groups in total. The summed E-state index contributed by atoms with van der Waals surface area (Å²) in [6.07, 6.45) is 0. The zero-order valence-electron chi connectivity index (χ0n) is 14.0. The molecule has 124 valence electrons. The van der Waals surface area contributed by atoms with E-state index in [4.69, 9.17) is 4.42 Å². The van der Waals surface area contributed by atoms with E-state index in [1.807, 2.05) is 68.4 Å². The number of nitrogens with zero attached hydrogens (tertiary/aromatic N) is 2. The largest absolute Gasteiger partial charge is 0.451 e. The molecule has 2 aromatic carbocycles. The first-order valence-electron chi connectivity index (χ1n) is 8.04. The summed E-state index contributed by atoms with van der Waals surface area (Å²) in [6, 6.07) is 19.1. The van der Waals surface area contributed by atoms with E-state index in [1.165, 1.54) is 5.56 Å². The molecular weight excluding hydrogens is 314 g/mol. The number of aromatic nitrogens is 2. The number of para-hydroxylation sites is 1.